The van der Waals surface area contributed by atoms with Crippen molar-refractivity contribution in [1.82, 2.24) is 19.4 Å². The largest absolute Gasteiger partial charge is 0.490 e. The molecule has 1 saturated heterocycles. The summed E-state index contributed by atoms with van der Waals surface area (Å²) < 4.78 is 71.1. The van der Waals surface area contributed by atoms with Gasteiger partial charge in [0.1, 0.15) is 5.82 Å². The minimum Gasteiger partial charge on any atom is -0.475 e. The maximum Gasteiger partial charge on any atom is 0.490 e. The summed E-state index contributed by atoms with van der Waals surface area (Å²) >= 11 is 0. The predicted molar refractivity (Wildman–Crippen MR) is 117 cm³/mol. The van der Waals surface area contributed by atoms with Gasteiger partial charge >= 0.3 is 24.3 Å². The molecule has 2 aromatic rings. The fourth-order valence-corrected chi connectivity index (χ4v) is 4.33. The van der Waals surface area contributed by atoms with Crippen LogP contribution in [0.15, 0.2) is 29.0 Å². The normalized spacial score (nSPS) is 17.0. The van der Waals surface area contributed by atoms with Crippen LogP contribution in [-0.2, 0) is 21.7 Å². The van der Waals surface area contributed by atoms with Gasteiger partial charge in [0, 0.05) is 38.1 Å². The monoisotopic (exact) mass is 556 g/mol. The number of nitrogens with zero attached hydrogens (tertiary/aromatic N) is 4. The SMILES string of the molecule is CCN1CCn2c(C)cnc2C12CCN(C(=O)c1ccco1)CC2.O=C(O)C(F)(F)F.O=C(O)C(F)(F)F. The molecule has 2 aliphatic rings. The Kier molecular flexibility index (Phi) is 9.58. The second-order valence-corrected chi connectivity index (χ2v) is 8.36. The molecule has 0 unspecified atom stereocenters. The number of alkyl halides is 6. The number of rotatable bonds is 2. The van der Waals surface area contributed by atoms with Crippen molar-refractivity contribution in [3.8, 4) is 0 Å². The summed E-state index contributed by atoms with van der Waals surface area (Å²) in [6, 6.07) is 3.50. The van der Waals surface area contributed by atoms with Gasteiger partial charge in [0.2, 0.25) is 0 Å². The number of likely N-dealkylation sites (N-methyl/N-ethyl adjacent to an activating group) is 1. The van der Waals surface area contributed by atoms with Crippen molar-refractivity contribution in [3.05, 3.63) is 41.9 Å². The van der Waals surface area contributed by atoms with Crippen LogP contribution in [0.25, 0.3) is 0 Å². The number of halogens is 6. The van der Waals surface area contributed by atoms with E-state index >= 15 is 0 Å². The Morgan fingerprint density at radius 3 is 1.95 bits per heavy atom. The first kappa shape index (κ1) is 30.7. The molecule has 0 saturated carbocycles. The lowest BCUT2D eigenvalue weighted by Gasteiger charge is -2.50. The van der Waals surface area contributed by atoms with Gasteiger partial charge in [-0.2, -0.15) is 26.3 Å². The number of hydrogen-bond donors (Lipinski definition) is 2. The first-order valence-corrected chi connectivity index (χ1v) is 11.2. The molecule has 38 heavy (non-hydrogen) atoms. The van der Waals surface area contributed by atoms with Crippen LogP contribution in [0.2, 0.25) is 0 Å². The third kappa shape index (κ3) is 7.05. The van der Waals surface area contributed by atoms with Gasteiger partial charge in [0.05, 0.1) is 11.8 Å². The van der Waals surface area contributed by atoms with Gasteiger partial charge in [-0.25, -0.2) is 14.6 Å². The number of furan rings is 1. The summed E-state index contributed by atoms with van der Waals surface area (Å²) in [6.45, 7) is 8.88. The molecule has 2 N–H and O–H groups in total. The lowest BCUT2D eigenvalue weighted by atomic mass is 9.83. The molecule has 0 aromatic carbocycles. The number of carbonyl (C=O) groups is 3. The Morgan fingerprint density at radius 1 is 1.00 bits per heavy atom. The smallest absolute Gasteiger partial charge is 0.475 e. The molecule has 10 nitrogen and oxygen atoms in total. The van der Waals surface area contributed by atoms with E-state index in [4.69, 9.17) is 29.2 Å². The number of likely N-dealkylation sites (tertiary alicyclic amines) is 1. The van der Waals surface area contributed by atoms with Crippen LogP contribution in [0.3, 0.4) is 0 Å². The number of aliphatic carboxylic acids is 2. The van der Waals surface area contributed by atoms with E-state index in [1.165, 1.54) is 11.5 Å². The Labute approximate surface area is 212 Å². The van der Waals surface area contributed by atoms with Gasteiger partial charge in [-0.05, 0) is 38.4 Å². The predicted octanol–water partition coefficient (Wildman–Crippen LogP) is 3.52. The van der Waals surface area contributed by atoms with Gasteiger partial charge in [0.25, 0.3) is 5.91 Å². The molecule has 1 amide bonds. The molecule has 0 bridgehead atoms. The fourth-order valence-electron chi connectivity index (χ4n) is 4.33. The molecule has 2 aliphatic heterocycles. The summed E-state index contributed by atoms with van der Waals surface area (Å²) in [5, 5.41) is 14.2. The summed E-state index contributed by atoms with van der Waals surface area (Å²) in [7, 11) is 0. The lowest BCUT2D eigenvalue weighted by Crippen LogP contribution is -2.58. The van der Waals surface area contributed by atoms with Crippen molar-refractivity contribution < 1.29 is 55.4 Å². The topological polar surface area (TPSA) is 129 Å². The van der Waals surface area contributed by atoms with Crippen molar-refractivity contribution >= 4 is 17.8 Å². The summed E-state index contributed by atoms with van der Waals surface area (Å²) in [4.78, 5) is 39.5. The molecule has 1 fully saturated rings. The number of carboxylic acids is 2. The molecule has 0 aliphatic carbocycles. The number of fused-ring (bicyclic) bond motifs is 2. The average Bonchev–Trinajstić information content (AvgIpc) is 3.50. The molecule has 0 radical (unpaired) electrons. The van der Waals surface area contributed by atoms with Gasteiger partial charge < -0.3 is 24.1 Å². The van der Waals surface area contributed by atoms with Crippen LogP contribution in [0.5, 0.6) is 0 Å². The standard InChI is InChI=1S/C18H24N4O2.2C2HF3O2/c1-3-21-10-11-22-14(2)13-19-17(22)18(21)6-8-20(9-7-18)16(23)15-5-4-12-24-15;2*3-2(4,5)1(6)7/h4-5,12-13H,3,6-11H2,1-2H3;2*(H,6,7). The molecule has 4 heterocycles. The Morgan fingerprint density at radius 2 is 1.53 bits per heavy atom. The first-order chi connectivity index (χ1) is 17.5. The summed E-state index contributed by atoms with van der Waals surface area (Å²) in [5.74, 6) is -3.91. The minimum absolute atomic E-state index is 0.00627. The maximum atomic E-state index is 12.5. The molecule has 2 aromatic heterocycles. The fraction of sp³-hybridized carbons (Fsp3) is 0.545. The number of hydrogen-bond acceptors (Lipinski definition) is 6. The van der Waals surface area contributed by atoms with E-state index < -0.39 is 24.3 Å². The van der Waals surface area contributed by atoms with Crippen molar-refractivity contribution in [1.29, 1.82) is 0 Å². The van der Waals surface area contributed by atoms with Gasteiger partial charge in [0.15, 0.2) is 5.76 Å². The van der Waals surface area contributed by atoms with Crippen molar-refractivity contribution in [3.63, 3.8) is 0 Å². The lowest BCUT2D eigenvalue weighted by molar-refractivity contribution is -0.193. The zero-order chi connectivity index (χ0) is 28.9. The number of amides is 1. The first-order valence-electron chi connectivity index (χ1n) is 11.2. The summed E-state index contributed by atoms with van der Waals surface area (Å²) in [6.07, 6.45) is -4.79. The van der Waals surface area contributed by atoms with Gasteiger partial charge in [-0.15, -0.1) is 0 Å². The van der Waals surface area contributed by atoms with E-state index in [0.717, 1.165) is 45.6 Å². The third-order valence-corrected chi connectivity index (χ3v) is 6.15. The van der Waals surface area contributed by atoms with Crippen molar-refractivity contribution in [2.75, 3.05) is 26.2 Å². The Balaban J connectivity index is 0.000000301. The Bertz CT molecular complexity index is 1080. The molecular formula is C22H26F6N4O6. The molecule has 4 rings (SSSR count). The van der Waals surface area contributed by atoms with E-state index in [2.05, 4.69) is 23.3 Å². The second kappa shape index (κ2) is 11.9. The van der Waals surface area contributed by atoms with Crippen LogP contribution in [0, 0.1) is 6.92 Å². The highest BCUT2D eigenvalue weighted by molar-refractivity contribution is 5.91. The molecule has 0 atom stereocenters. The second-order valence-electron chi connectivity index (χ2n) is 8.36. The van der Waals surface area contributed by atoms with Crippen molar-refractivity contribution in [2.45, 2.75) is 51.1 Å². The van der Waals surface area contributed by atoms with Crippen LogP contribution < -0.4 is 0 Å². The highest BCUT2D eigenvalue weighted by Crippen LogP contribution is 2.41. The zero-order valence-corrected chi connectivity index (χ0v) is 20.3. The number of aromatic nitrogens is 2. The van der Waals surface area contributed by atoms with Crippen molar-refractivity contribution in [2.24, 2.45) is 0 Å². The average molecular weight is 556 g/mol. The maximum absolute atomic E-state index is 12.5. The number of carbonyl (C=O) groups excluding carboxylic acids is 1. The van der Waals surface area contributed by atoms with E-state index in [0.29, 0.717) is 5.76 Å². The van der Waals surface area contributed by atoms with E-state index in [1.54, 1.807) is 18.4 Å². The number of aryl methyl sites for hydroxylation is 1. The molecule has 212 valence electrons. The molecular weight excluding hydrogens is 530 g/mol. The minimum atomic E-state index is -5.08. The quantitative estimate of drug-likeness (QED) is 0.538. The van der Waals surface area contributed by atoms with Crippen LogP contribution >= 0.6 is 0 Å². The third-order valence-electron chi connectivity index (χ3n) is 6.15. The summed E-state index contributed by atoms with van der Waals surface area (Å²) in [5.41, 5.74) is 1.19. The number of imidazole rings is 1. The number of carboxylic acid groups (broad SMARTS) is 2. The highest BCUT2D eigenvalue weighted by atomic mass is 19.4. The van der Waals surface area contributed by atoms with Gasteiger partial charge in [-0.3, -0.25) is 9.69 Å². The Hall–Kier alpha value is -3.56. The van der Waals surface area contributed by atoms with Crippen LogP contribution in [-0.4, -0.2) is 85.9 Å². The van der Waals surface area contributed by atoms with E-state index in [9.17, 15) is 31.1 Å². The van der Waals surface area contributed by atoms with E-state index in [1.807, 2.05) is 11.1 Å². The van der Waals surface area contributed by atoms with Crippen LogP contribution in [0.4, 0.5) is 26.3 Å². The zero-order valence-electron chi connectivity index (χ0n) is 20.3. The molecule has 1 spiro atoms. The van der Waals surface area contributed by atoms with Crippen LogP contribution in [0.1, 0.15) is 41.8 Å². The number of piperidine rings is 1. The van der Waals surface area contributed by atoms with E-state index in [-0.39, 0.29) is 11.4 Å². The van der Waals surface area contributed by atoms with Gasteiger partial charge in [-0.1, -0.05) is 6.92 Å². The highest BCUT2D eigenvalue weighted by Gasteiger charge is 2.47. The molecule has 16 heteroatoms.